The molecule has 0 aliphatic rings. The van der Waals surface area contributed by atoms with Gasteiger partial charge in [0.25, 0.3) is 5.91 Å². The molecule has 0 aliphatic carbocycles. The van der Waals surface area contributed by atoms with Crippen LogP contribution in [0.4, 0.5) is 11.6 Å². The van der Waals surface area contributed by atoms with Crippen LogP contribution in [0.3, 0.4) is 0 Å². The molecule has 10 heteroatoms. The number of hydrogen-bond donors (Lipinski definition) is 1. The van der Waals surface area contributed by atoms with Crippen LogP contribution in [0.15, 0.2) is 36.8 Å². The highest BCUT2D eigenvalue weighted by Crippen LogP contribution is 2.17. The molecule has 0 aliphatic heterocycles. The number of aryl methyl sites for hydroxylation is 2. The second-order valence-corrected chi connectivity index (χ2v) is 5.68. The molecule has 0 unspecified atom stereocenters. The third-order valence-corrected chi connectivity index (χ3v) is 3.71. The van der Waals surface area contributed by atoms with E-state index in [0.29, 0.717) is 13.1 Å². The predicted molar refractivity (Wildman–Crippen MR) is 92.8 cm³/mol. The molecule has 0 atom stereocenters. The Balaban J connectivity index is 1.72. The Labute approximate surface area is 148 Å². The molecular weight excluding hydrogens is 338 g/mol. The summed E-state index contributed by atoms with van der Waals surface area (Å²) in [6, 6.07) is 7.96. The molecule has 0 bridgehead atoms. The summed E-state index contributed by atoms with van der Waals surface area (Å²) in [6.45, 7) is 4.68. The normalized spacial score (nSPS) is 10.7. The van der Waals surface area contributed by atoms with Crippen molar-refractivity contribution in [2.24, 2.45) is 0 Å². The molecule has 1 amide bonds. The van der Waals surface area contributed by atoms with Crippen LogP contribution in [0.25, 0.3) is 0 Å². The van der Waals surface area contributed by atoms with Crippen molar-refractivity contribution in [3.8, 4) is 0 Å². The number of nitrogens with zero attached hydrogens (tertiary/aromatic N) is 6. The fraction of sp³-hybridized carbons (Fsp3) is 0.250. The van der Waals surface area contributed by atoms with Crippen LogP contribution in [-0.4, -0.2) is 35.4 Å². The second-order valence-electron chi connectivity index (χ2n) is 5.68. The summed E-state index contributed by atoms with van der Waals surface area (Å²) in [5.41, 5.74) is 1.57. The lowest BCUT2D eigenvalue weighted by atomic mass is 10.1. The molecule has 3 rings (SSSR count). The minimum atomic E-state index is -0.725. The lowest BCUT2D eigenvalue weighted by molar-refractivity contribution is -0.385. The van der Waals surface area contributed by atoms with Crippen molar-refractivity contribution in [1.29, 1.82) is 0 Å². The van der Waals surface area contributed by atoms with Gasteiger partial charge < -0.3 is 0 Å². The number of rotatable bonds is 6. The van der Waals surface area contributed by atoms with E-state index in [1.807, 2.05) is 31.2 Å². The zero-order valence-electron chi connectivity index (χ0n) is 14.3. The summed E-state index contributed by atoms with van der Waals surface area (Å²) < 4.78 is 2.90. The van der Waals surface area contributed by atoms with Gasteiger partial charge in [0.2, 0.25) is 11.6 Å². The topological polar surface area (TPSA) is 121 Å². The fourth-order valence-electron chi connectivity index (χ4n) is 2.34. The maximum absolute atomic E-state index is 12.3. The summed E-state index contributed by atoms with van der Waals surface area (Å²) in [7, 11) is 0. The first-order valence-electron chi connectivity index (χ1n) is 7.94. The molecule has 0 radical (unpaired) electrons. The highest BCUT2D eigenvalue weighted by Gasteiger charge is 2.26. The molecule has 3 aromatic rings. The largest absolute Gasteiger partial charge is 0.320 e. The van der Waals surface area contributed by atoms with Gasteiger partial charge in [-0.05, 0) is 19.4 Å². The van der Waals surface area contributed by atoms with Crippen LogP contribution in [0.2, 0.25) is 0 Å². The number of aromatic nitrogens is 5. The average Bonchev–Trinajstić information content (AvgIpc) is 3.23. The number of benzene rings is 1. The zero-order chi connectivity index (χ0) is 18.7. The predicted octanol–water partition coefficient (Wildman–Crippen LogP) is 2.01. The van der Waals surface area contributed by atoms with Gasteiger partial charge in [-0.25, -0.2) is 9.67 Å². The van der Waals surface area contributed by atoms with E-state index < -0.39 is 10.8 Å². The Kier molecular flexibility index (Phi) is 4.74. The molecule has 1 aromatic carbocycles. The van der Waals surface area contributed by atoms with E-state index in [2.05, 4.69) is 20.5 Å². The lowest BCUT2D eigenvalue weighted by Crippen LogP contribution is -2.16. The quantitative estimate of drug-likeness (QED) is 0.533. The van der Waals surface area contributed by atoms with Gasteiger partial charge in [0, 0.05) is 6.54 Å². The highest BCUT2D eigenvalue weighted by molar-refractivity contribution is 6.04. The van der Waals surface area contributed by atoms with Crippen LogP contribution in [-0.2, 0) is 13.1 Å². The third kappa shape index (κ3) is 3.74. The van der Waals surface area contributed by atoms with Gasteiger partial charge >= 0.3 is 5.69 Å². The molecule has 2 aromatic heterocycles. The van der Waals surface area contributed by atoms with E-state index in [-0.39, 0.29) is 17.3 Å². The van der Waals surface area contributed by atoms with E-state index in [9.17, 15) is 14.9 Å². The number of hydrogen-bond acceptors (Lipinski definition) is 6. The zero-order valence-corrected chi connectivity index (χ0v) is 14.3. The van der Waals surface area contributed by atoms with Crippen molar-refractivity contribution >= 4 is 17.5 Å². The molecule has 10 nitrogen and oxygen atoms in total. The van der Waals surface area contributed by atoms with Gasteiger partial charge in [-0.2, -0.15) is 5.10 Å². The first kappa shape index (κ1) is 17.3. The molecule has 0 spiro atoms. The average molecular weight is 355 g/mol. The molecule has 0 fully saturated rings. The van der Waals surface area contributed by atoms with Crippen LogP contribution in [0.5, 0.6) is 0 Å². The van der Waals surface area contributed by atoms with Crippen molar-refractivity contribution in [1.82, 2.24) is 24.5 Å². The first-order valence-corrected chi connectivity index (χ1v) is 7.94. The van der Waals surface area contributed by atoms with Crippen molar-refractivity contribution < 1.29 is 9.72 Å². The van der Waals surface area contributed by atoms with E-state index >= 15 is 0 Å². The molecule has 26 heavy (non-hydrogen) atoms. The first-order chi connectivity index (χ1) is 12.5. The summed E-state index contributed by atoms with van der Waals surface area (Å²) in [4.78, 5) is 26.7. The van der Waals surface area contributed by atoms with Gasteiger partial charge in [-0.3, -0.25) is 24.9 Å². The molecule has 1 N–H and O–H groups in total. The van der Waals surface area contributed by atoms with Crippen LogP contribution >= 0.6 is 0 Å². The Hall–Kier alpha value is -3.56. The lowest BCUT2D eigenvalue weighted by Gasteiger charge is -2.01. The summed E-state index contributed by atoms with van der Waals surface area (Å²) in [5.74, 6) is -0.667. The van der Waals surface area contributed by atoms with E-state index in [4.69, 9.17) is 0 Å². The second kappa shape index (κ2) is 7.13. The van der Waals surface area contributed by atoms with Crippen LogP contribution < -0.4 is 5.32 Å². The number of amides is 1. The van der Waals surface area contributed by atoms with E-state index in [1.54, 1.807) is 11.6 Å². The van der Waals surface area contributed by atoms with Gasteiger partial charge in [0.15, 0.2) is 0 Å². The van der Waals surface area contributed by atoms with E-state index in [0.717, 1.165) is 11.1 Å². The van der Waals surface area contributed by atoms with Gasteiger partial charge in [0.05, 0.1) is 11.5 Å². The van der Waals surface area contributed by atoms with Gasteiger partial charge in [-0.15, -0.1) is 5.10 Å². The Morgan fingerprint density at radius 1 is 1.23 bits per heavy atom. The van der Waals surface area contributed by atoms with Crippen LogP contribution in [0.1, 0.15) is 28.5 Å². The minimum absolute atomic E-state index is 0.0578. The fourth-order valence-corrected chi connectivity index (χ4v) is 2.34. The molecule has 134 valence electrons. The Morgan fingerprint density at radius 2 is 1.96 bits per heavy atom. The minimum Gasteiger partial charge on any atom is -0.287 e. The monoisotopic (exact) mass is 355 g/mol. The molecular formula is C16H17N7O3. The van der Waals surface area contributed by atoms with Gasteiger partial charge in [-0.1, -0.05) is 29.8 Å². The maximum Gasteiger partial charge on any atom is 0.320 e. The number of anilines is 1. The number of carbonyl (C=O) groups is 1. The summed E-state index contributed by atoms with van der Waals surface area (Å²) in [6.07, 6.45) is 2.70. The SMILES string of the molecule is CCn1cc([N+](=O)[O-])c(C(=O)Nc2ncn(Cc3ccc(C)cc3)n2)n1. The third-order valence-electron chi connectivity index (χ3n) is 3.71. The van der Waals surface area contributed by atoms with Gasteiger partial charge in [0.1, 0.15) is 12.5 Å². The summed E-state index contributed by atoms with van der Waals surface area (Å²) >= 11 is 0. The van der Waals surface area contributed by atoms with Crippen LogP contribution in [0, 0.1) is 17.0 Å². The van der Waals surface area contributed by atoms with E-state index in [1.165, 1.54) is 17.2 Å². The smallest absolute Gasteiger partial charge is 0.287 e. The van der Waals surface area contributed by atoms with Crippen molar-refractivity contribution in [2.75, 3.05) is 5.32 Å². The number of nitro groups is 1. The van der Waals surface area contributed by atoms with Crippen molar-refractivity contribution in [2.45, 2.75) is 26.9 Å². The standard InChI is InChI=1S/C16H17N7O3/c1-3-21-9-13(23(25)26)14(19-21)15(24)18-16-17-10-22(20-16)8-12-6-4-11(2)5-7-12/h4-7,9-10H,3,8H2,1-2H3,(H,18,20,24). The molecule has 2 heterocycles. The summed E-state index contributed by atoms with van der Waals surface area (Å²) in [5, 5.41) is 21.6. The molecule has 0 saturated carbocycles. The Bertz CT molecular complexity index is 943. The number of carbonyl (C=O) groups excluding carboxylic acids is 1. The number of nitrogens with one attached hydrogen (secondary N) is 1. The Morgan fingerprint density at radius 3 is 2.62 bits per heavy atom. The molecule has 0 saturated heterocycles. The highest BCUT2D eigenvalue weighted by atomic mass is 16.6. The van der Waals surface area contributed by atoms with Crippen molar-refractivity contribution in [3.63, 3.8) is 0 Å². The maximum atomic E-state index is 12.3. The van der Waals surface area contributed by atoms with Crippen molar-refractivity contribution in [3.05, 3.63) is 63.7 Å².